The van der Waals surface area contributed by atoms with E-state index < -0.39 is 5.97 Å². The van der Waals surface area contributed by atoms with Crippen molar-refractivity contribution < 1.29 is 19.0 Å². The van der Waals surface area contributed by atoms with Crippen LogP contribution < -0.4 is 0 Å². The Labute approximate surface area is 159 Å². The molecular weight excluding hydrogens is 367 g/mol. The van der Waals surface area contributed by atoms with Crippen molar-refractivity contribution in [3.63, 3.8) is 0 Å². The first-order valence-electron chi connectivity index (χ1n) is 8.45. The molecule has 0 bridgehead atoms. The van der Waals surface area contributed by atoms with Gasteiger partial charge < -0.3 is 14.4 Å². The number of thioether (sulfide) groups is 1. The van der Waals surface area contributed by atoms with Gasteiger partial charge in [0.15, 0.2) is 0 Å². The zero-order valence-electron chi connectivity index (χ0n) is 14.6. The molecule has 2 aromatic carbocycles. The van der Waals surface area contributed by atoms with Gasteiger partial charge in [-0.05, 0) is 36.2 Å². The summed E-state index contributed by atoms with van der Waals surface area (Å²) in [6, 6.07) is 12.2. The lowest BCUT2D eigenvalue weighted by Gasteiger charge is -2.13. The molecule has 5 nitrogen and oxygen atoms in total. The summed E-state index contributed by atoms with van der Waals surface area (Å²) in [5.41, 5.74) is 3.41. The minimum Gasteiger partial charge on any atom is -0.492 e. The number of hydrogen-bond donors (Lipinski definition) is 1. The Hall–Kier alpha value is -2.80. The molecule has 1 N–H and O–H groups in total. The number of allylic oxidation sites excluding steroid dienone is 1. The Balaban J connectivity index is 1.58. The number of aromatic nitrogens is 2. The van der Waals surface area contributed by atoms with Gasteiger partial charge in [-0.15, -0.1) is 0 Å². The fourth-order valence-corrected chi connectivity index (χ4v) is 4.27. The van der Waals surface area contributed by atoms with E-state index in [-0.39, 0.29) is 16.1 Å². The summed E-state index contributed by atoms with van der Waals surface area (Å²) >= 11 is 1.20. The fourth-order valence-electron chi connectivity index (χ4n) is 3.11. The van der Waals surface area contributed by atoms with Crippen LogP contribution in [-0.4, -0.2) is 20.6 Å². The van der Waals surface area contributed by atoms with Crippen molar-refractivity contribution in [1.82, 2.24) is 9.55 Å². The average Bonchev–Trinajstić information content (AvgIpc) is 3.24. The first-order chi connectivity index (χ1) is 13.0. The fraction of sp³-hybridized carbons (Fsp3) is 0.200. The number of aryl methyl sites for hydroxylation is 1. The van der Waals surface area contributed by atoms with Crippen LogP contribution in [-0.2, 0) is 16.1 Å². The highest BCUT2D eigenvalue weighted by atomic mass is 32.2. The maximum Gasteiger partial charge on any atom is 0.345 e. The molecule has 0 radical (unpaired) electrons. The first-order valence-corrected chi connectivity index (χ1v) is 9.33. The molecule has 0 aliphatic carbocycles. The topological polar surface area (TPSA) is 64.3 Å². The number of halogens is 1. The van der Waals surface area contributed by atoms with Crippen LogP contribution in [0.15, 0.2) is 59.5 Å². The van der Waals surface area contributed by atoms with Crippen LogP contribution in [0.1, 0.15) is 22.9 Å². The monoisotopic (exact) mass is 384 g/mol. The first kappa shape index (κ1) is 17.6. The van der Waals surface area contributed by atoms with Crippen LogP contribution in [0, 0.1) is 12.7 Å². The zero-order valence-corrected chi connectivity index (χ0v) is 15.4. The average molecular weight is 384 g/mol. The molecular formula is C20H17FN2O3S. The summed E-state index contributed by atoms with van der Waals surface area (Å²) < 4.78 is 21.3. The Bertz CT molecular complexity index is 1060. The number of carbonyl (C=O) groups is 1. The van der Waals surface area contributed by atoms with Crippen molar-refractivity contribution in [3.05, 3.63) is 76.4 Å². The Morgan fingerprint density at radius 1 is 1.37 bits per heavy atom. The molecule has 0 spiro atoms. The molecule has 4 rings (SSSR count). The van der Waals surface area contributed by atoms with Crippen molar-refractivity contribution >= 4 is 28.8 Å². The second-order valence-corrected chi connectivity index (χ2v) is 7.52. The molecule has 0 saturated heterocycles. The summed E-state index contributed by atoms with van der Waals surface area (Å²) in [4.78, 5) is 16.1. The third-order valence-electron chi connectivity index (χ3n) is 4.57. The third kappa shape index (κ3) is 3.42. The molecule has 1 aliphatic rings. The van der Waals surface area contributed by atoms with Crippen molar-refractivity contribution in [1.29, 1.82) is 0 Å². The SMILES string of the molecule is Cc1ccccc1COC1=C(C(=O)O)SC(n2cnc3ccc(F)cc32)C1. The lowest BCUT2D eigenvalue weighted by molar-refractivity contribution is -0.132. The van der Waals surface area contributed by atoms with E-state index in [0.717, 1.165) is 11.1 Å². The van der Waals surface area contributed by atoms with Crippen LogP contribution in [0.4, 0.5) is 4.39 Å². The summed E-state index contributed by atoms with van der Waals surface area (Å²) in [7, 11) is 0. The highest BCUT2D eigenvalue weighted by molar-refractivity contribution is 8.04. The lowest BCUT2D eigenvalue weighted by Crippen LogP contribution is -2.03. The van der Waals surface area contributed by atoms with Crippen molar-refractivity contribution in [2.45, 2.75) is 25.3 Å². The van der Waals surface area contributed by atoms with Crippen molar-refractivity contribution in [2.24, 2.45) is 0 Å². The van der Waals surface area contributed by atoms with Crippen molar-refractivity contribution in [2.75, 3.05) is 0 Å². The zero-order chi connectivity index (χ0) is 19.0. The normalized spacial score (nSPS) is 16.9. The maximum atomic E-state index is 13.6. The van der Waals surface area contributed by atoms with E-state index in [1.807, 2.05) is 31.2 Å². The van der Waals surface area contributed by atoms with E-state index in [0.29, 0.717) is 29.8 Å². The van der Waals surface area contributed by atoms with Crippen LogP contribution in [0.3, 0.4) is 0 Å². The summed E-state index contributed by atoms with van der Waals surface area (Å²) in [6.07, 6.45) is 2.02. The molecule has 1 atom stereocenters. The van der Waals surface area contributed by atoms with E-state index in [9.17, 15) is 14.3 Å². The van der Waals surface area contributed by atoms with E-state index in [2.05, 4.69) is 4.98 Å². The number of benzene rings is 2. The van der Waals surface area contributed by atoms with Crippen molar-refractivity contribution in [3.8, 4) is 0 Å². The van der Waals surface area contributed by atoms with Crippen LogP contribution in [0.25, 0.3) is 11.0 Å². The van der Waals surface area contributed by atoms with Gasteiger partial charge in [0.05, 0.1) is 22.7 Å². The number of fused-ring (bicyclic) bond motifs is 1. The van der Waals surface area contributed by atoms with Gasteiger partial charge in [-0.25, -0.2) is 14.2 Å². The molecule has 27 heavy (non-hydrogen) atoms. The molecule has 7 heteroatoms. The number of nitrogens with zero attached hydrogens (tertiary/aromatic N) is 2. The summed E-state index contributed by atoms with van der Waals surface area (Å²) in [5, 5.41) is 9.32. The van der Waals surface area contributed by atoms with Gasteiger partial charge in [0.25, 0.3) is 0 Å². The van der Waals surface area contributed by atoms with Gasteiger partial charge in [0.2, 0.25) is 0 Å². The number of carboxylic acids is 1. The molecule has 0 fully saturated rings. The van der Waals surface area contributed by atoms with E-state index >= 15 is 0 Å². The molecule has 0 saturated carbocycles. The second kappa shape index (κ2) is 7.08. The highest BCUT2D eigenvalue weighted by Gasteiger charge is 2.32. The van der Waals surface area contributed by atoms with Gasteiger partial charge >= 0.3 is 5.97 Å². The smallest absolute Gasteiger partial charge is 0.345 e. The van der Waals surface area contributed by atoms with Gasteiger partial charge in [-0.2, -0.15) is 0 Å². The Morgan fingerprint density at radius 2 is 2.19 bits per heavy atom. The molecule has 0 amide bonds. The largest absolute Gasteiger partial charge is 0.492 e. The van der Waals surface area contributed by atoms with Crippen LogP contribution >= 0.6 is 11.8 Å². The minimum absolute atomic E-state index is 0.187. The number of aliphatic carboxylic acids is 1. The number of ether oxygens (including phenoxy) is 1. The Morgan fingerprint density at radius 3 is 2.96 bits per heavy atom. The Kier molecular flexibility index (Phi) is 4.61. The summed E-state index contributed by atoms with van der Waals surface area (Å²) in [5.74, 6) is -0.924. The molecule has 1 aromatic heterocycles. The maximum absolute atomic E-state index is 13.6. The predicted molar refractivity (Wildman–Crippen MR) is 102 cm³/mol. The number of rotatable bonds is 5. The molecule has 3 aromatic rings. The molecule has 1 aliphatic heterocycles. The molecule has 138 valence electrons. The van der Waals surface area contributed by atoms with Gasteiger partial charge in [0, 0.05) is 6.42 Å². The number of carboxylic acid groups (broad SMARTS) is 1. The second-order valence-electron chi connectivity index (χ2n) is 6.33. The predicted octanol–water partition coefficient (Wildman–Crippen LogP) is 4.63. The van der Waals surface area contributed by atoms with Gasteiger partial charge in [-0.3, -0.25) is 0 Å². The van der Waals surface area contributed by atoms with E-state index in [1.54, 1.807) is 17.0 Å². The number of imidazole rings is 1. The van der Waals surface area contributed by atoms with Gasteiger partial charge in [0.1, 0.15) is 23.1 Å². The van der Waals surface area contributed by atoms with Crippen LogP contribution in [0.2, 0.25) is 0 Å². The standard InChI is InChI=1S/C20H17FN2O3S/c1-12-4-2-3-5-13(12)10-26-17-9-18(27-19(17)20(24)25)23-11-22-15-7-6-14(21)8-16(15)23/h2-8,11,18H,9-10H2,1H3,(H,24,25). The highest BCUT2D eigenvalue weighted by Crippen LogP contribution is 2.46. The van der Waals surface area contributed by atoms with E-state index in [1.165, 1.54) is 23.9 Å². The quantitative estimate of drug-likeness (QED) is 0.695. The number of hydrogen-bond acceptors (Lipinski definition) is 4. The van der Waals surface area contributed by atoms with Gasteiger partial charge in [-0.1, -0.05) is 36.0 Å². The lowest BCUT2D eigenvalue weighted by atomic mass is 10.1. The molecule has 2 heterocycles. The summed E-state index contributed by atoms with van der Waals surface area (Å²) in [6.45, 7) is 2.30. The van der Waals surface area contributed by atoms with Crippen LogP contribution in [0.5, 0.6) is 0 Å². The molecule has 1 unspecified atom stereocenters. The minimum atomic E-state index is -1.02. The third-order valence-corrected chi connectivity index (χ3v) is 5.88. The van der Waals surface area contributed by atoms with E-state index in [4.69, 9.17) is 4.74 Å².